The van der Waals surface area contributed by atoms with Crippen molar-refractivity contribution in [3.8, 4) is 0 Å². The Morgan fingerprint density at radius 3 is 1.29 bits per heavy atom. The molecule has 0 aliphatic carbocycles. The number of hydrogen-bond donors (Lipinski definition) is 0. The third kappa shape index (κ3) is 117. The van der Waals surface area contributed by atoms with Crippen molar-refractivity contribution in [2.24, 2.45) is 0 Å². The fourth-order valence-electron chi connectivity index (χ4n) is 0. The number of carboxylic acid groups (broad SMARTS) is 2. The fraction of sp³-hybridized carbons (Fsp3) is 0. The van der Waals surface area contributed by atoms with Gasteiger partial charge in [0.25, 0.3) is 0 Å². The Morgan fingerprint density at radius 1 is 1.29 bits per heavy atom. The second-order valence-corrected chi connectivity index (χ2v) is 0.250. The van der Waals surface area contributed by atoms with Gasteiger partial charge in [-0.25, -0.2) is 0 Å². The van der Waals surface area contributed by atoms with Gasteiger partial charge < -0.3 is 20.5 Å². The quantitative estimate of drug-likeness (QED) is 0.413. The molecular formula is CHAlBaO4+2. The van der Waals surface area contributed by atoms with E-state index < -0.39 is 6.16 Å². The average Bonchev–Trinajstić information content (AvgIpc) is 0.811. The number of hydrogen-bond acceptors (Lipinski definition) is 4. The van der Waals surface area contributed by atoms with E-state index in [1.807, 2.05) is 0 Å². The average molecular weight is 241 g/mol. The molecule has 0 rings (SSSR count). The maximum absolute atomic E-state index is 8.33. The van der Waals surface area contributed by atoms with Crippen LogP contribution in [-0.2, 0) is 0 Å². The molecule has 1 N–H and O–H groups in total. The van der Waals surface area contributed by atoms with Crippen molar-refractivity contribution in [1.82, 2.24) is 0 Å². The molecule has 7 heavy (non-hydrogen) atoms. The second kappa shape index (κ2) is 15.7. The standard InChI is InChI=1S/CH2O3.Al.Ba.H2O/c2-1(3)4;;;/h(H2,2,3,4);;;1H2/q;+3;+2;/p-3. The molecule has 0 aliphatic rings. The molecule has 0 unspecified atom stereocenters. The number of carbonyl (C=O) groups excluding carboxylic acids is 1. The molecule has 32 valence electrons. The van der Waals surface area contributed by atoms with E-state index in [4.69, 9.17) is 15.0 Å². The van der Waals surface area contributed by atoms with E-state index >= 15 is 0 Å². The first-order valence-electron chi connectivity index (χ1n) is 0.612. The largest absolute Gasteiger partial charge is 3.00 e. The summed E-state index contributed by atoms with van der Waals surface area (Å²) in [7, 11) is 0. The Bertz CT molecular complexity index is 34.7. The van der Waals surface area contributed by atoms with Crippen LogP contribution in [0.4, 0.5) is 4.79 Å². The number of rotatable bonds is 0. The molecule has 0 atom stereocenters. The van der Waals surface area contributed by atoms with Crippen molar-refractivity contribution in [2.45, 2.75) is 0 Å². The number of carbonyl (C=O) groups is 1. The van der Waals surface area contributed by atoms with Crippen LogP contribution in [0.25, 0.3) is 0 Å². The van der Waals surface area contributed by atoms with Crippen molar-refractivity contribution < 1.29 is 20.5 Å². The van der Waals surface area contributed by atoms with Gasteiger partial charge in [0.15, 0.2) is 0 Å². The molecule has 0 saturated carbocycles. The van der Waals surface area contributed by atoms with E-state index in [0.29, 0.717) is 0 Å². The van der Waals surface area contributed by atoms with E-state index in [2.05, 4.69) is 0 Å². The molecule has 0 aromatic rings. The molecule has 0 spiro atoms. The molecule has 0 amide bonds. The van der Waals surface area contributed by atoms with Gasteiger partial charge in [0.2, 0.25) is 0 Å². The zero-order valence-electron chi connectivity index (χ0n) is 3.46. The van der Waals surface area contributed by atoms with Gasteiger partial charge in [-0.05, 0) is 6.16 Å². The van der Waals surface area contributed by atoms with Crippen molar-refractivity contribution in [3.63, 3.8) is 0 Å². The summed E-state index contributed by atoms with van der Waals surface area (Å²) in [6.07, 6.45) is -2.33. The molecule has 0 aromatic heterocycles. The molecule has 0 aliphatic heterocycles. The first-order chi connectivity index (χ1) is 1.73. The van der Waals surface area contributed by atoms with Gasteiger partial charge in [0, 0.05) is 0 Å². The summed E-state index contributed by atoms with van der Waals surface area (Å²) in [5.41, 5.74) is 0. The SMILES string of the molecule is O=C([O-])[O-].[Al+3].[Ba+2].[OH-]. The Morgan fingerprint density at radius 2 is 1.29 bits per heavy atom. The fourth-order valence-corrected chi connectivity index (χ4v) is 0. The van der Waals surface area contributed by atoms with Crippen LogP contribution in [0.5, 0.6) is 0 Å². The summed E-state index contributed by atoms with van der Waals surface area (Å²) in [5, 5.41) is 16.7. The summed E-state index contributed by atoms with van der Waals surface area (Å²) in [6, 6.07) is 0. The van der Waals surface area contributed by atoms with Gasteiger partial charge in [-0.3, -0.25) is 0 Å². The normalized spacial score (nSPS) is 3.43. The first kappa shape index (κ1) is 23.9. The Hall–Kier alpha value is 1.33. The first-order valence-corrected chi connectivity index (χ1v) is 0.612. The van der Waals surface area contributed by atoms with Crippen LogP contribution < -0.4 is 10.2 Å². The molecule has 0 heterocycles. The maximum Gasteiger partial charge on any atom is 3.00 e. The third-order valence-electron chi connectivity index (χ3n) is 0. The van der Waals surface area contributed by atoms with Crippen LogP contribution in [0.1, 0.15) is 0 Å². The summed E-state index contributed by atoms with van der Waals surface area (Å²) < 4.78 is 0. The molecule has 6 heteroatoms. The molecule has 0 radical (unpaired) electrons. The van der Waals surface area contributed by atoms with Crippen LogP contribution in [0, 0.1) is 0 Å². The predicted octanol–water partition coefficient (Wildman–Crippen LogP) is -3.39. The topological polar surface area (TPSA) is 93.2 Å². The van der Waals surface area contributed by atoms with Crippen LogP contribution in [0.15, 0.2) is 0 Å². The maximum atomic E-state index is 8.33. The summed E-state index contributed by atoms with van der Waals surface area (Å²) >= 11 is 0. The van der Waals surface area contributed by atoms with E-state index in [0.717, 1.165) is 0 Å². The van der Waals surface area contributed by atoms with E-state index in [1.165, 1.54) is 0 Å². The van der Waals surface area contributed by atoms with Crippen molar-refractivity contribution in [3.05, 3.63) is 0 Å². The van der Waals surface area contributed by atoms with E-state index in [-0.39, 0.29) is 71.7 Å². The van der Waals surface area contributed by atoms with E-state index in [9.17, 15) is 0 Å². The minimum Gasteiger partial charge on any atom is -0.870 e. The summed E-state index contributed by atoms with van der Waals surface area (Å²) in [6.45, 7) is 0. The minimum absolute atomic E-state index is 0. The summed E-state index contributed by atoms with van der Waals surface area (Å²) in [5.74, 6) is 0. The predicted molar refractivity (Wildman–Crippen MR) is 18.8 cm³/mol. The molecule has 0 fully saturated rings. The van der Waals surface area contributed by atoms with Crippen LogP contribution >= 0.6 is 0 Å². The Kier molecular flexibility index (Phi) is 53.4. The Labute approximate surface area is 91.4 Å². The van der Waals surface area contributed by atoms with Crippen LogP contribution in [0.3, 0.4) is 0 Å². The van der Waals surface area contributed by atoms with Crippen molar-refractivity contribution >= 4 is 72.4 Å². The van der Waals surface area contributed by atoms with Gasteiger partial charge >= 0.3 is 66.2 Å². The van der Waals surface area contributed by atoms with Crippen molar-refractivity contribution in [1.29, 1.82) is 0 Å². The summed E-state index contributed by atoms with van der Waals surface area (Å²) in [4.78, 5) is 8.33. The molecular weight excluding hydrogens is 240 g/mol. The van der Waals surface area contributed by atoms with Gasteiger partial charge in [-0.15, -0.1) is 0 Å². The van der Waals surface area contributed by atoms with E-state index in [1.54, 1.807) is 0 Å². The zero-order valence-corrected chi connectivity index (χ0v) is 9.05. The molecule has 0 saturated heterocycles. The molecule has 4 nitrogen and oxygen atoms in total. The molecule has 0 bridgehead atoms. The van der Waals surface area contributed by atoms with Gasteiger partial charge in [0.05, 0.1) is 0 Å². The van der Waals surface area contributed by atoms with Gasteiger partial charge in [-0.2, -0.15) is 0 Å². The second-order valence-electron chi connectivity index (χ2n) is 0.250. The minimum atomic E-state index is -2.33. The van der Waals surface area contributed by atoms with Crippen LogP contribution in [-0.4, -0.2) is 77.9 Å². The zero-order chi connectivity index (χ0) is 3.58. The monoisotopic (exact) mass is 242 g/mol. The third-order valence-corrected chi connectivity index (χ3v) is 0. The van der Waals surface area contributed by atoms with Crippen LogP contribution in [0.2, 0.25) is 0 Å². The molecule has 0 aromatic carbocycles. The van der Waals surface area contributed by atoms with Crippen molar-refractivity contribution in [2.75, 3.05) is 0 Å². The van der Waals surface area contributed by atoms with Gasteiger partial charge in [-0.1, -0.05) is 0 Å². The smallest absolute Gasteiger partial charge is 0.870 e. The Balaban J connectivity index is -0.0000000150. The van der Waals surface area contributed by atoms with Gasteiger partial charge in [0.1, 0.15) is 0 Å².